The van der Waals surface area contributed by atoms with Crippen LogP contribution in [0.2, 0.25) is 10.0 Å². The van der Waals surface area contributed by atoms with Gasteiger partial charge in [-0.2, -0.15) is 4.72 Å². The highest BCUT2D eigenvalue weighted by Crippen LogP contribution is 2.30. The van der Waals surface area contributed by atoms with Gasteiger partial charge in [0.05, 0.1) is 27.2 Å². The van der Waals surface area contributed by atoms with E-state index in [1.165, 1.54) is 4.90 Å². The number of sulfonamides is 1. The first-order valence-electron chi connectivity index (χ1n) is 10.5. The quantitative estimate of drug-likeness (QED) is 0.173. The highest BCUT2D eigenvalue weighted by Gasteiger charge is 2.30. The lowest BCUT2D eigenvalue weighted by Gasteiger charge is -2.26. The molecule has 1 aromatic heterocycles. The predicted molar refractivity (Wildman–Crippen MR) is 130 cm³/mol. The normalized spacial score (nSPS) is 12.2. The van der Waals surface area contributed by atoms with Crippen LogP contribution in [0.25, 0.3) is 0 Å². The van der Waals surface area contributed by atoms with Crippen LogP contribution < -0.4 is 15.8 Å². The summed E-state index contributed by atoms with van der Waals surface area (Å²) in [6.45, 7) is 3.80. The Labute approximate surface area is 208 Å². The number of nitrogen functional groups attached to an aromatic ring is 1. The fraction of sp³-hybridized carbons (Fsp3) is 0.450. The summed E-state index contributed by atoms with van der Waals surface area (Å²) in [6, 6.07) is 1.15. The van der Waals surface area contributed by atoms with Crippen molar-refractivity contribution in [1.82, 2.24) is 19.6 Å². The van der Waals surface area contributed by atoms with E-state index in [0.717, 1.165) is 12.1 Å². The van der Waals surface area contributed by atoms with Crippen molar-refractivity contribution >= 4 is 56.7 Å². The number of aromatic amines is 1. The maximum Gasteiger partial charge on any atom is 0.325 e. The van der Waals surface area contributed by atoms with Crippen LogP contribution in [0, 0.1) is 0 Å². The highest BCUT2D eigenvalue weighted by atomic mass is 35.5. The number of nitrogens with two attached hydrogens (primary N) is 1. The summed E-state index contributed by atoms with van der Waals surface area (Å²) < 4.78 is 33.4. The van der Waals surface area contributed by atoms with Crippen molar-refractivity contribution < 1.29 is 22.7 Å². The summed E-state index contributed by atoms with van der Waals surface area (Å²) in [4.78, 5) is 33.1. The topological polar surface area (TPSA) is 160 Å². The lowest BCUT2D eigenvalue weighted by atomic mass is 10.1. The Balaban J connectivity index is 2.21. The van der Waals surface area contributed by atoms with E-state index in [2.05, 4.69) is 20.0 Å². The molecule has 0 fully saturated rings. The van der Waals surface area contributed by atoms with Crippen LogP contribution in [-0.2, 0) is 24.3 Å². The smallest absolute Gasteiger partial charge is 0.325 e. The number of hydrogen-bond donors (Lipinski definition) is 4. The van der Waals surface area contributed by atoms with Crippen molar-refractivity contribution in [2.75, 3.05) is 37.3 Å². The van der Waals surface area contributed by atoms with Gasteiger partial charge >= 0.3 is 5.97 Å². The lowest BCUT2D eigenvalue weighted by molar-refractivity contribution is -0.149. The number of carbonyl (C=O) groups is 2. The predicted octanol–water partition coefficient (Wildman–Crippen LogP) is 2.25. The summed E-state index contributed by atoms with van der Waals surface area (Å²) in [5.74, 6) is -0.604. The second kappa shape index (κ2) is 12.8. The van der Waals surface area contributed by atoms with E-state index in [9.17, 15) is 18.0 Å². The number of nitrogens with zero attached hydrogens (tertiary/aromatic N) is 2. The third kappa shape index (κ3) is 7.76. The van der Waals surface area contributed by atoms with E-state index in [0.29, 0.717) is 18.9 Å². The third-order valence-electron chi connectivity index (χ3n) is 4.74. The first kappa shape index (κ1) is 27.7. The number of hydrogen-bond acceptors (Lipinski definition) is 8. The number of imidazole rings is 1. The molecule has 1 amide bonds. The second-order valence-corrected chi connectivity index (χ2v) is 9.67. The van der Waals surface area contributed by atoms with Crippen LogP contribution in [0.4, 0.5) is 11.6 Å². The van der Waals surface area contributed by atoms with Gasteiger partial charge in [0.15, 0.2) is 5.95 Å². The Bertz CT molecular complexity index is 1060. The highest BCUT2D eigenvalue weighted by molar-refractivity contribution is 7.89. The number of H-pyrrole nitrogens is 1. The fourth-order valence-corrected chi connectivity index (χ4v) is 4.90. The molecule has 34 heavy (non-hydrogen) atoms. The number of esters is 1. The standard InChI is InChI=1S/C20H28Cl2N6O5S/c1-3-28(12-17(29)33-4-2)19(30)16(6-5-7-24-20-25-8-9-26-20)27-34(31,32)13-10-14(21)18(23)15(22)11-13/h8-11,16,27H,3-7,12,23H2,1-2H3,(H2,24,25,26)/t16-/m0/s1. The van der Waals surface area contributed by atoms with Crippen molar-refractivity contribution in [2.45, 2.75) is 37.6 Å². The Morgan fingerprint density at radius 2 is 1.94 bits per heavy atom. The minimum absolute atomic E-state index is 0.0316. The molecule has 1 aromatic carbocycles. The largest absolute Gasteiger partial charge is 0.465 e. The van der Waals surface area contributed by atoms with E-state index in [4.69, 9.17) is 33.7 Å². The van der Waals surface area contributed by atoms with Crippen molar-refractivity contribution in [3.63, 3.8) is 0 Å². The average molecular weight is 535 g/mol. The van der Waals surface area contributed by atoms with E-state index in [1.807, 2.05) is 0 Å². The lowest BCUT2D eigenvalue weighted by Crippen LogP contribution is -2.50. The summed E-state index contributed by atoms with van der Waals surface area (Å²) in [7, 11) is -4.20. The average Bonchev–Trinajstić information content (AvgIpc) is 3.30. The maximum absolute atomic E-state index is 13.2. The number of benzene rings is 1. The van der Waals surface area contributed by atoms with Crippen LogP contribution in [-0.4, -0.2) is 67.4 Å². The molecule has 0 saturated carbocycles. The number of rotatable bonds is 13. The van der Waals surface area contributed by atoms with Gasteiger partial charge in [0.1, 0.15) is 12.6 Å². The van der Waals surface area contributed by atoms with E-state index < -0.39 is 27.9 Å². The van der Waals surface area contributed by atoms with Gasteiger partial charge in [0.25, 0.3) is 0 Å². The molecule has 0 spiro atoms. The van der Waals surface area contributed by atoms with Gasteiger partial charge in [-0.1, -0.05) is 23.2 Å². The molecule has 0 unspecified atom stereocenters. The number of carbonyl (C=O) groups excluding carboxylic acids is 2. The van der Waals surface area contributed by atoms with Crippen LogP contribution in [0.5, 0.6) is 0 Å². The molecule has 1 heterocycles. The maximum atomic E-state index is 13.2. The summed E-state index contributed by atoms with van der Waals surface area (Å²) in [5, 5.41) is 2.97. The number of amides is 1. The van der Waals surface area contributed by atoms with Gasteiger partial charge < -0.3 is 25.7 Å². The zero-order chi connectivity index (χ0) is 25.3. The monoisotopic (exact) mass is 534 g/mol. The molecule has 5 N–H and O–H groups in total. The fourth-order valence-electron chi connectivity index (χ4n) is 3.01. The van der Waals surface area contributed by atoms with Crippen molar-refractivity contribution in [3.8, 4) is 0 Å². The summed E-state index contributed by atoms with van der Waals surface area (Å²) >= 11 is 12.0. The Morgan fingerprint density at radius 1 is 1.26 bits per heavy atom. The molecule has 1 atom stereocenters. The molecule has 14 heteroatoms. The van der Waals surface area contributed by atoms with Crippen LogP contribution >= 0.6 is 23.2 Å². The molecule has 0 saturated heterocycles. The molecule has 188 valence electrons. The molecule has 2 aromatic rings. The minimum Gasteiger partial charge on any atom is -0.465 e. The Hall–Kier alpha value is -2.54. The third-order valence-corrected chi connectivity index (χ3v) is 6.81. The van der Waals surface area contributed by atoms with Gasteiger partial charge in [0.2, 0.25) is 15.9 Å². The molecule has 2 rings (SSSR count). The van der Waals surface area contributed by atoms with Crippen molar-refractivity contribution in [3.05, 3.63) is 34.6 Å². The van der Waals surface area contributed by atoms with E-state index in [1.54, 1.807) is 26.2 Å². The van der Waals surface area contributed by atoms with Gasteiger partial charge in [-0.05, 0) is 38.8 Å². The Morgan fingerprint density at radius 3 is 2.50 bits per heavy atom. The number of nitrogens with one attached hydrogen (secondary N) is 3. The number of ether oxygens (including phenoxy) is 1. The van der Waals surface area contributed by atoms with Gasteiger partial charge in [0, 0.05) is 25.5 Å². The van der Waals surface area contributed by atoms with Gasteiger partial charge in [-0.25, -0.2) is 13.4 Å². The molecular weight excluding hydrogens is 507 g/mol. The SMILES string of the molecule is CCOC(=O)CN(CC)C(=O)[C@H](CCCNc1ncc[nH]1)NS(=O)(=O)c1cc(Cl)c(N)c(Cl)c1. The molecule has 0 aliphatic rings. The molecule has 0 aliphatic carbocycles. The number of likely N-dealkylation sites (N-methyl/N-ethyl adjacent to an activating group) is 1. The van der Waals surface area contributed by atoms with E-state index >= 15 is 0 Å². The molecule has 0 radical (unpaired) electrons. The Kier molecular flexibility index (Phi) is 10.4. The summed E-state index contributed by atoms with van der Waals surface area (Å²) in [6.07, 6.45) is 3.79. The zero-order valence-electron chi connectivity index (χ0n) is 18.8. The molecule has 0 aliphatic heterocycles. The molecule has 0 bridgehead atoms. The van der Waals surface area contributed by atoms with Crippen LogP contribution in [0.1, 0.15) is 26.7 Å². The first-order chi connectivity index (χ1) is 16.1. The van der Waals surface area contributed by atoms with Crippen LogP contribution in [0.15, 0.2) is 29.4 Å². The van der Waals surface area contributed by atoms with Crippen LogP contribution in [0.3, 0.4) is 0 Å². The number of halogens is 2. The summed E-state index contributed by atoms with van der Waals surface area (Å²) in [5.41, 5.74) is 5.74. The van der Waals surface area contributed by atoms with Crippen molar-refractivity contribution in [2.24, 2.45) is 0 Å². The zero-order valence-corrected chi connectivity index (χ0v) is 21.1. The van der Waals surface area contributed by atoms with Crippen molar-refractivity contribution in [1.29, 1.82) is 0 Å². The van der Waals surface area contributed by atoms with Gasteiger partial charge in [-0.15, -0.1) is 0 Å². The number of aromatic nitrogens is 2. The molecule has 11 nitrogen and oxygen atoms in total. The van der Waals surface area contributed by atoms with Gasteiger partial charge in [-0.3, -0.25) is 9.59 Å². The first-order valence-corrected chi connectivity index (χ1v) is 12.8. The minimum atomic E-state index is -4.20. The number of anilines is 2. The molecular formula is C20H28Cl2N6O5S. The second-order valence-electron chi connectivity index (χ2n) is 7.14. The van der Waals surface area contributed by atoms with E-state index in [-0.39, 0.29) is 46.7 Å².